The second-order valence-electron chi connectivity index (χ2n) is 2.19. The van der Waals surface area contributed by atoms with Gasteiger partial charge in [0.05, 0.1) is 6.04 Å². The first kappa shape index (κ1) is 11.5. The number of nitrogens with one attached hydrogen (secondary N) is 1. The fourth-order valence-electron chi connectivity index (χ4n) is 0.872. The summed E-state index contributed by atoms with van der Waals surface area (Å²) >= 11 is 0.780. The first-order valence-corrected chi connectivity index (χ1v) is 4.08. The Morgan fingerprint density at radius 1 is 1.64 bits per heavy atom. The van der Waals surface area contributed by atoms with Gasteiger partial charge in [0.15, 0.2) is 0 Å². The largest absolute Gasteiger partial charge is 1.00 e. The molecule has 1 unspecified atom stereocenters. The van der Waals surface area contributed by atoms with E-state index in [0.29, 0.717) is 0 Å². The molecule has 0 radical (unpaired) electrons. The van der Waals surface area contributed by atoms with Gasteiger partial charge in [0.1, 0.15) is 0 Å². The van der Waals surface area contributed by atoms with Gasteiger partial charge >= 0.3 is 29.6 Å². The zero-order valence-corrected chi connectivity index (χ0v) is 9.53. The molecule has 5 heteroatoms. The van der Waals surface area contributed by atoms with E-state index < -0.39 is 0 Å². The van der Waals surface area contributed by atoms with E-state index in [1.54, 1.807) is 0 Å². The van der Waals surface area contributed by atoms with E-state index in [-0.39, 0.29) is 47.4 Å². The van der Waals surface area contributed by atoms with Crippen molar-refractivity contribution in [1.29, 1.82) is 0 Å². The van der Waals surface area contributed by atoms with Gasteiger partial charge in [-0.1, -0.05) is 13.3 Å². The normalized spacial score (nSPS) is 22.8. The van der Waals surface area contributed by atoms with Crippen LogP contribution in [0.25, 0.3) is 0 Å². The molecule has 0 aromatic carbocycles. The first-order chi connectivity index (χ1) is 4.74. The smallest absolute Gasteiger partial charge is 1.00 e. The van der Waals surface area contributed by atoms with Gasteiger partial charge in [-0.15, -0.1) is 0 Å². The zero-order valence-electron chi connectivity index (χ0n) is 7.72. The number of rotatable bonds is 2. The summed E-state index contributed by atoms with van der Waals surface area (Å²) < 4.78 is 0. The van der Waals surface area contributed by atoms with Crippen molar-refractivity contribution in [3.63, 3.8) is 0 Å². The van der Waals surface area contributed by atoms with Crippen molar-refractivity contribution in [1.82, 2.24) is 5.32 Å². The Morgan fingerprint density at radius 3 is 2.64 bits per heavy atom. The average molecular weight is 183 g/mol. The van der Waals surface area contributed by atoms with Crippen LogP contribution in [0.15, 0.2) is 0 Å². The van der Waals surface area contributed by atoms with E-state index in [0.717, 1.165) is 24.6 Å². The van der Waals surface area contributed by atoms with Gasteiger partial charge in [-0.3, -0.25) is 9.59 Å². The topological polar surface area (TPSA) is 46.2 Å². The van der Waals surface area contributed by atoms with Crippen LogP contribution in [0.1, 0.15) is 21.2 Å². The summed E-state index contributed by atoms with van der Waals surface area (Å²) in [5, 5.41) is 2.34. The van der Waals surface area contributed by atoms with E-state index in [2.05, 4.69) is 5.32 Å². The van der Waals surface area contributed by atoms with Crippen LogP contribution >= 0.6 is 11.8 Å². The van der Waals surface area contributed by atoms with E-state index in [9.17, 15) is 9.59 Å². The van der Waals surface area contributed by atoms with E-state index in [4.69, 9.17) is 0 Å². The van der Waals surface area contributed by atoms with Crippen LogP contribution < -0.4 is 34.9 Å². The number of thioether (sulfide) groups is 1. The summed E-state index contributed by atoms with van der Waals surface area (Å²) in [6.45, 7) is 1.99. The molecule has 1 aliphatic heterocycles. The molecule has 1 atom stereocenters. The third-order valence-electron chi connectivity index (χ3n) is 1.35. The quantitative estimate of drug-likeness (QED) is 0.517. The molecular formula is C6H10NNaO2S. The summed E-state index contributed by atoms with van der Waals surface area (Å²) in [7, 11) is 0. The van der Waals surface area contributed by atoms with Crippen LogP contribution in [0.2, 0.25) is 0 Å². The Labute approximate surface area is 93.5 Å². The fraction of sp³-hybridized carbons (Fsp3) is 0.667. The van der Waals surface area contributed by atoms with Crippen LogP contribution in [-0.4, -0.2) is 16.4 Å². The van der Waals surface area contributed by atoms with Gasteiger partial charge < -0.3 is 6.74 Å². The molecule has 0 bridgehead atoms. The Morgan fingerprint density at radius 2 is 2.27 bits per heavy atom. The fourth-order valence-corrected chi connectivity index (χ4v) is 1.57. The summed E-state index contributed by atoms with van der Waals surface area (Å²) in [6.07, 6.45) is 1.69. The van der Waals surface area contributed by atoms with Crippen molar-refractivity contribution in [3.05, 3.63) is 0 Å². The molecule has 0 spiro atoms. The molecular weight excluding hydrogens is 173 g/mol. The molecule has 58 valence electrons. The second-order valence-corrected chi connectivity index (χ2v) is 3.17. The SMILES string of the molecule is CCCC1NC(=O)SC1=O.[H-].[Na+]. The van der Waals surface area contributed by atoms with Crippen LogP contribution in [0, 0.1) is 0 Å². The predicted molar refractivity (Wildman–Crippen MR) is 40.9 cm³/mol. The molecule has 0 aromatic heterocycles. The third kappa shape index (κ3) is 3.15. The van der Waals surface area contributed by atoms with Gasteiger partial charge in [-0.25, -0.2) is 0 Å². The van der Waals surface area contributed by atoms with Gasteiger partial charge in [0.2, 0.25) is 5.12 Å². The minimum Gasteiger partial charge on any atom is -1.00 e. The monoisotopic (exact) mass is 183 g/mol. The average Bonchev–Trinajstić information content (AvgIpc) is 2.13. The van der Waals surface area contributed by atoms with Crippen molar-refractivity contribution >= 4 is 22.1 Å². The van der Waals surface area contributed by atoms with Crippen molar-refractivity contribution in [2.75, 3.05) is 0 Å². The molecule has 1 aliphatic rings. The minimum atomic E-state index is -0.220. The van der Waals surface area contributed by atoms with E-state index >= 15 is 0 Å². The maximum atomic E-state index is 10.9. The van der Waals surface area contributed by atoms with Gasteiger partial charge in [0, 0.05) is 11.8 Å². The minimum absolute atomic E-state index is 0. The second kappa shape index (κ2) is 5.19. The molecule has 11 heavy (non-hydrogen) atoms. The molecule has 0 aliphatic carbocycles. The Kier molecular flexibility index (Phi) is 5.42. The molecule has 1 rings (SSSR count). The summed E-state index contributed by atoms with van der Waals surface area (Å²) in [5.41, 5.74) is 0. The Bertz CT molecular complexity index is 179. The standard InChI is InChI=1S/C6H9NO2S.Na.H/c1-2-3-4-5(8)10-6(9)7-4;;/h4H,2-3H2,1H3,(H,7,9);;/q;+1;-1. The summed E-state index contributed by atoms with van der Waals surface area (Å²) in [4.78, 5) is 21.4. The molecule has 1 saturated heterocycles. The van der Waals surface area contributed by atoms with Gasteiger partial charge in [0.25, 0.3) is 5.24 Å². The van der Waals surface area contributed by atoms with Crippen molar-refractivity contribution in [2.45, 2.75) is 25.8 Å². The predicted octanol–water partition coefficient (Wildman–Crippen LogP) is -1.75. The molecule has 0 aromatic rings. The molecule has 3 nitrogen and oxygen atoms in total. The first-order valence-electron chi connectivity index (χ1n) is 3.26. The molecule has 1 amide bonds. The van der Waals surface area contributed by atoms with Crippen molar-refractivity contribution < 1.29 is 40.6 Å². The number of hydrogen-bond donors (Lipinski definition) is 1. The van der Waals surface area contributed by atoms with Crippen LogP contribution in [-0.2, 0) is 4.79 Å². The number of hydrogen-bond acceptors (Lipinski definition) is 3. The number of amides is 1. The molecule has 1 heterocycles. The summed E-state index contributed by atoms with van der Waals surface area (Å²) in [6, 6.07) is -0.220. The molecule has 1 N–H and O–H groups in total. The number of carbonyl (C=O) groups is 2. The van der Waals surface area contributed by atoms with Crippen molar-refractivity contribution in [3.8, 4) is 0 Å². The third-order valence-corrected chi connectivity index (χ3v) is 2.14. The molecule has 1 fully saturated rings. The van der Waals surface area contributed by atoms with E-state index in [1.165, 1.54) is 0 Å². The van der Waals surface area contributed by atoms with Crippen LogP contribution in [0.3, 0.4) is 0 Å². The maximum Gasteiger partial charge on any atom is 1.00 e. The number of carbonyl (C=O) groups excluding carboxylic acids is 2. The Balaban J connectivity index is 0. The van der Waals surface area contributed by atoms with Crippen molar-refractivity contribution in [2.24, 2.45) is 0 Å². The zero-order chi connectivity index (χ0) is 7.56. The Hall–Kier alpha value is 0.490. The molecule has 0 saturated carbocycles. The van der Waals surface area contributed by atoms with Crippen LogP contribution in [0.5, 0.6) is 0 Å². The summed E-state index contributed by atoms with van der Waals surface area (Å²) in [5.74, 6) is 0. The van der Waals surface area contributed by atoms with E-state index in [1.807, 2.05) is 6.92 Å². The van der Waals surface area contributed by atoms with Gasteiger partial charge in [-0.2, -0.15) is 0 Å². The van der Waals surface area contributed by atoms with Gasteiger partial charge in [-0.05, 0) is 6.42 Å². The van der Waals surface area contributed by atoms with Crippen LogP contribution in [0.4, 0.5) is 4.79 Å². The maximum absolute atomic E-state index is 10.9.